The molecule has 1 aliphatic carbocycles. The van der Waals surface area contributed by atoms with Gasteiger partial charge >= 0.3 is 6.09 Å². The normalized spacial score (nSPS) is 17.5. The molecule has 1 atom stereocenters. The molecule has 122 valence electrons. The first-order valence-corrected chi connectivity index (χ1v) is 7.11. The van der Waals surface area contributed by atoms with Gasteiger partial charge in [0.05, 0.1) is 5.54 Å². The number of aryl methyl sites for hydroxylation is 1. The Kier molecular flexibility index (Phi) is 4.15. The average molecular weight is 310 g/mol. The molecule has 1 heterocycles. The molecule has 0 saturated heterocycles. The van der Waals surface area contributed by atoms with Crippen LogP contribution in [0, 0.1) is 0 Å². The Morgan fingerprint density at radius 2 is 2.09 bits per heavy atom. The minimum atomic E-state index is -1.36. The molecule has 1 fully saturated rings. The monoisotopic (exact) mass is 310 g/mol. The second-order valence-corrected chi connectivity index (χ2v) is 6.55. The molecule has 3 N–H and O–H groups in total. The number of aliphatic hydroxyl groups excluding tert-OH is 1. The van der Waals surface area contributed by atoms with Crippen molar-refractivity contribution in [2.24, 2.45) is 7.05 Å². The van der Waals surface area contributed by atoms with Gasteiger partial charge in [0.25, 0.3) is 5.91 Å². The number of aliphatic hydroxyl groups is 1. The number of hydrogen-bond donors (Lipinski definition) is 3. The van der Waals surface area contributed by atoms with E-state index in [9.17, 15) is 14.7 Å². The molecule has 0 spiro atoms. The van der Waals surface area contributed by atoms with Crippen molar-refractivity contribution in [2.45, 2.75) is 50.9 Å². The van der Waals surface area contributed by atoms with Crippen molar-refractivity contribution >= 4 is 17.8 Å². The summed E-state index contributed by atoms with van der Waals surface area (Å²) in [6.45, 7) is 5.24. The Morgan fingerprint density at radius 3 is 2.55 bits per heavy atom. The number of nitrogens with zero attached hydrogens (tertiary/aromatic N) is 2. The molecule has 0 radical (unpaired) electrons. The van der Waals surface area contributed by atoms with E-state index in [4.69, 9.17) is 4.74 Å². The first kappa shape index (κ1) is 16.3. The Morgan fingerprint density at radius 1 is 1.45 bits per heavy atom. The lowest BCUT2D eigenvalue weighted by atomic mass is 10.1. The van der Waals surface area contributed by atoms with Crippen molar-refractivity contribution in [3.63, 3.8) is 0 Å². The van der Waals surface area contributed by atoms with E-state index < -0.39 is 29.2 Å². The molecule has 1 aromatic heterocycles. The number of carbonyl (C=O) groups excluding carboxylic acids is 2. The fraction of sp³-hybridized carbons (Fsp3) is 0.643. The van der Waals surface area contributed by atoms with Crippen LogP contribution < -0.4 is 10.6 Å². The van der Waals surface area contributed by atoms with Gasteiger partial charge < -0.3 is 20.5 Å². The largest absolute Gasteiger partial charge is 0.444 e. The zero-order chi connectivity index (χ0) is 16.5. The quantitative estimate of drug-likeness (QED) is 0.762. The molecule has 1 aliphatic rings. The topological polar surface area (TPSA) is 105 Å². The smallest absolute Gasteiger partial charge is 0.408 e. The van der Waals surface area contributed by atoms with Gasteiger partial charge in [-0.1, -0.05) is 0 Å². The predicted molar refractivity (Wildman–Crippen MR) is 79.2 cm³/mol. The van der Waals surface area contributed by atoms with E-state index in [0.29, 0.717) is 18.7 Å². The summed E-state index contributed by atoms with van der Waals surface area (Å²) in [5.41, 5.74) is -1.59. The second kappa shape index (κ2) is 5.60. The van der Waals surface area contributed by atoms with Crippen molar-refractivity contribution in [2.75, 3.05) is 5.32 Å². The Hall–Kier alpha value is -2.09. The van der Waals surface area contributed by atoms with E-state index in [1.54, 1.807) is 40.1 Å². The molecule has 0 bridgehead atoms. The van der Waals surface area contributed by atoms with Gasteiger partial charge in [0.2, 0.25) is 0 Å². The number of rotatable bonds is 4. The lowest BCUT2D eigenvalue weighted by molar-refractivity contribution is -0.125. The molecule has 2 rings (SSSR count). The molecule has 0 aromatic carbocycles. The summed E-state index contributed by atoms with van der Waals surface area (Å²) in [4.78, 5) is 23.9. The van der Waals surface area contributed by atoms with Crippen LogP contribution in [0.2, 0.25) is 0 Å². The third-order valence-electron chi connectivity index (χ3n) is 3.28. The van der Waals surface area contributed by atoms with E-state index in [0.717, 1.165) is 0 Å². The molecule has 22 heavy (non-hydrogen) atoms. The van der Waals surface area contributed by atoms with Crippen molar-refractivity contribution in [3.05, 3.63) is 12.3 Å². The van der Waals surface area contributed by atoms with Crippen LogP contribution in [0.3, 0.4) is 0 Å². The number of alkyl carbamates (subject to hydrolysis) is 1. The molecule has 1 aromatic rings. The van der Waals surface area contributed by atoms with Crippen LogP contribution in [0.25, 0.3) is 0 Å². The Labute approximate surface area is 128 Å². The van der Waals surface area contributed by atoms with Gasteiger partial charge in [-0.25, -0.2) is 4.79 Å². The highest BCUT2D eigenvalue weighted by atomic mass is 16.6. The highest BCUT2D eigenvalue weighted by molar-refractivity contribution is 5.95. The van der Waals surface area contributed by atoms with Gasteiger partial charge in [0.15, 0.2) is 11.9 Å². The minimum Gasteiger partial charge on any atom is -0.444 e. The summed E-state index contributed by atoms with van der Waals surface area (Å²) in [7, 11) is 1.72. The molecule has 8 heteroatoms. The van der Waals surface area contributed by atoms with E-state index in [1.165, 1.54) is 4.68 Å². The third kappa shape index (κ3) is 3.97. The molecule has 1 unspecified atom stereocenters. The van der Waals surface area contributed by atoms with Gasteiger partial charge in [-0.2, -0.15) is 5.10 Å². The maximum atomic E-state index is 12.1. The van der Waals surface area contributed by atoms with Crippen LogP contribution in [0.5, 0.6) is 0 Å². The number of carbonyl (C=O) groups is 2. The first-order chi connectivity index (χ1) is 10.1. The summed E-state index contributed by atoms with van der Waals surface area (Å²) in [6.07, 6.45) is 0.705. The minimum absolute atomic E-state index is 0.347. The highest BCUT2D eigenvalue weighted by Crippen LogP contribution is 2.39. The molecule has 2 amide bonds. The highest BCUT2D eigenvalue weighted by Gasteiger charge is 2.54. The number of nitrogens with one attached hydrogen (secondary N) is 2. The van der Waals surface area contributed by atoms with Crippen LogP contribution in [-0.2, 0) is 16.6 Å². The predicted octanol–water partition coefficient (Wildman–Crippen LogP) is 0.777. The summed E-state index contributed by atoms with van der Waals surface area (Å²) >= 11 is 0. The van der Waals surface area contributed by atoms with E-state index >= 15 is 0 Å². The summed E-state index contributed by atoms with van der Waals surface area (Å²) in [5, 5.41) is 19.3. The van der Waals surface area contributed by atoms with E-state index in [2.05, 4.69) is 15.7 Å². The maximum Gasteiger partial charge on any atom is 0.408 e. The summed E-state index contributed by atoms with van der Waals surface area (Å²) in [5.74, 6) is -0.258. The fourth-order valence-corrected chi connectivity index (χ4v) is 2.04. The van der Waals surface area contributed by atoms with Crippen LogP contribution >= 0.6 is 0 Å². The lowest BCUT2D eigenvalue weighted by Crippen LogP contribution is -2.52. The zero-order valence-corrected chi connectivity index (χ0v) is 13.2. The first-order valence-electron chi connectivity index (χ1n) is 7.11. The maximum absolute atomic E-state index is 12.1. The number of anilines is 1. The average Bonchev–Trinajstić information content (AvgIpc) is 3.02. The number of hydrogen-bond acceptors (Lipinski definition) is 5. The van der Waals surface area contributed by atoms with Gasteiger partial charge in [0, 0.05) is 19.3 Å². The zero-order valence-electron chi connectivity index (χ0n) is 13.2. The molecule has 8 nitrogen and oxygen atoms in total. The van der Waals surface area contributed by atoms with Crippen molar-refractivity contribution in [1.82, 2.24) is 15.1 Å². The van der Waals surface area contributed by atoms with Crippen LogP contribution in [0.1, 0.15) is 33.6 Å². The molecule has 0 aliphatic heterocycles. The third-order valence-corrected chi connectivity index (χ3v) is 3.28. The fourth-order valence-electron chi connectivity index (χ4n) is 2.04. The van der Waals surface area contributed by atoms with Crippen LogP contribution in [0.4, 0.5) is 10.6 Å². The van der Waals surface area contributed by atoms with Gasteiger partial charge in [-0.15, -0.1) is 0 Å². The van der Waals surface area contributed by atoms with Crippen LogP contribution in [-0.4, -0.2) is 44.1 Å². The Bertz CT molecular complexity index is 572. The van der Waals surface area contributed by atoms with Crippen LogP contribution in [0.15, 0.2) is 12.3 Å². The van der Waals surface area contributed by atoms with E-state index in [-0.39, 0.29) is 0 Å². The second-order valence-electron chi connectivity index (χ2n) is 6.55. The molecular weight excluding hydrogens is 288 g/mol. The van der Waals surface area contributed by atoms with Gasteiger partial charge in [-0.05, 0) is 33.6 Å². The van der Waals surface area contributed by atoms with Gasteiger partial charge in [0.1, 0.15) is 5.60 Å². The van der Waals surface area contributed by atoms with Crippen molar-refractivity contribution in [3.8, 4) is 0 Å². The molecule has 1 saturated carbocycles. The number of amides is 2. The van der Waals surface area contributed by atoms with Gasteiger partial charge in [-0.3, -0.25) is 9.48 Å². The molecular formula is C14H22N4O4. The SMILES string of the molecule is Cn1ccc(NC(=O)C(O)C2(NC(=O)OC(C)(C)C)CC2)n1. The summed E-state index contributed by atoms with van der Waals surface area (Å²) in [6, 6.07) is 1.62. The van der Waals surface area contributed by atoms with Crippen molar-refractivity contribution in [1.29, 1.82) is 0 Å². The van der Waals surface area contributed by atoms with E-state index in [1.807, 2.05) is 0 Å². The standard InChI is InChI=1S/C14H22N4O4/c1-13(2,3)22-12(21)16-14(6-7-14)10(19)11(20)15-9-5-8-18(4)17-9/h5,8,10,19H,6-7H2,1-4H3,(H,16,21)(H,15,17,20). The Balaban J connectivity index is 1.94. The number of aromatic nitrogens is 2. The lowest BCUT2D eigenvalue weighted by Gasteiger charge is -2.25. The number of ether oxygens (including phenoxy) is 1. The summed E-state index contributed by atoms with van der Waals surface area (Å²) < 4.78 is 6.69. The van der Waals surface area contributed by atoms with Crippen molar-refractivity contribution < 1.29 is 19.4 Å².